The maximum atomic E-state index is 10.7. The van der Waals surface area contributed by atoms with Crippen LogP contribution in [0.5, 0.6) is 0 Å². The summed E-state index contributed by atoms with van der Waals surface area (Å²) in [5.41, 5.74) is 1.49. The van der Waals surface area contributed by atoms with Crippen molar-refractivity contribution in [2.45, 2.75) is 11.2 Å². The van der Waals surface area contributed by atoms with Gasteiger partial charge < -0.3 is 4.74 Å². The van der Waals surface area contributed by atoms with Gasteiger partial charge in [0.05, 0.1) is 0 Å². The minimum atomic E-state index is -1.47. The van der Waals surface area contributed by atoms with Gasteiger partial charge in [0.15, 0.2) is 0 Å². The van der Waals surface area contributed by atoms with Gasteiger partial charge in [-0.1, -0.05) is 121 Å². The Morgan fingerprint density at radius 2 is 0.758 bits per heavy atom. The molecule has 5 rings (SSSR count). The van der Waals surface area contributed by atoms with Crippen LogP contribution in [0.2, 0.25) is 0 Å². The van der Waals surface area contributed by atoms with E-state index in [4.69, 9.17) is 4.74 Å². The van der Waals surface area contributed by atoms with Crippen molar-refractivity contribution >= 4 is 11.1 Å². The quantitative estimate of drug-likeness (QED) is 0.377. The van der Waals surface area contributed by atoms with Gasteiger partial charge in [0.1, 0.15) is 12.1 Å². The molecule has 4 aromatic rings. The molecule has 156 valence electrons. The number of ether oxygens (including phenoxy) is 1. The van der Waals surface area contributed by atoms with Crippen LogP contribution >= 0.6 is 0 Å². The van der Waals surface area contributed by atoms with Gasteiger partial charge in [0.2, 0.25) is 11.2 Å². The van der Waals surface area contributed by atoms with Crippen molar-refractivity contribution in [1.29, 1.82) is 10.5 Å². The molecule has 0 saturated heterocycles. The highest BCUT2D eigenvalue weighted by molar-refractivity contribution is 6.03. The second-order valence-electron chi connectivity index (χ2n) is 7.90. The minimum Gasteiger partial charge on any atom is -0.322 e. The van der Waals surface area contributed by atoms with Crippen LogP contribution < -0.4 is 0 Å². The number of hydrogen-bond acceptors (Lipinski definition) is 3. The third kappa shape index (κ3) is 3.15. The number of benzene rings is 4. The molecule has 0 N–H and O–H groups in total. The zero-order chi connectivity index (χ0) is 22.7. The first-order valence-electron chi connectivity index (χ1n) is 10.7. The fourth-order valence-electron chi connectivity index (χ4n) is 4.63. The summed E-state index contributed by atoms with van der Waals surface area (Å²) in [5.74, 6) is 0. The monoisotopic (exact) mass is 424 g/mol. The Morgan fingerprint density at radius 1 is 0.455 bits per heavy atom. The lowest BCUT2D eigenvalue weighted by Crippen LogP contribution is -2.33. The fourth-order valence-corrected chi connectivity index (χ4v) is 4.63. The predicted octanol–water partition coefficient (Wildman–Crippen LogP) is 6.47. The molecule has 0 bridgehead atoms. The topological polar surface area (TPSA) is 56.8 Å². The molecule has 0 amide bonds. The summed E-state index contributed by atoms with van der Waals surface area (Å²) in [6.45, 7) is 0. The van der Waals surface area contributed by atoms with Crippen LogP contribution in [0.1, 0.15) is 22.3 Å². The Bertz CT molecular complexity index is 1280. The number of rotatable bonds is 4. The smallest absolute Gasteiger partial charge is 0.208 e. The molecule has 3 nitrogen and oxygen atoms in total. The third-order valence-corrected chi connectivity index (χ3v) is 6.06. The van der Waals surface area contributed by atoms with E-state index in [2.05, 4.69) is 12.1 Å². The predicted molar refractivity (Wildman–Crippen MR) is 128 cm³/mol. The minimum absolute atomic E-state index is 0.688. The van der Waals surface area contributed by atoms with E-state index >= 15 is 0 Å². The van der Waals surface area contributed by atoms with Crippen LogP contribution in [-0.4, -0.2) is 0 Å². The molecule has 1 aliphatic heterocycles. The van der Waals surface area contributed by atoms with Crippen LogP contribution in [0.4, 0.5) is 0 Å². The molecule has 0 aromatic heterocycles. The zero-order valence-electron chi connectivity index (χ0n) is 17.8. The van der Waals surface area contributed by atoms with E-state index in [9.17, 15) is 10.5 Å². The Hall–Kier alpha value is -4.44. The molecular formula is C30H20N2O. The summed E-state index contributed by atoms with van der Waals surface area (Å²) in [5, 5.41) is 21.4. The highest BCUT2D eigenvalue weighted by Gasteiger charge is 2.58. The molecule has 1 aliphatic rings. The second-order valence-corrected chi connectivity index (χ2v) is 7.90. The maximum Gasteiger partial charge on any atom is 0.208 e. The standard InChI is InChI=1S/C30H20N2O/c31-21-29(25-17-9-3-10-18-25)27(23-13-5-1-6-14-23)28(24-15-7-2-8-16-24)30(22-32,33-29)26-19-11-4-12-20-26/h1-20H. The molecule has 1 heterocycles. The van der Waals surface area contributed by atoms with Gasteiger partial charge >= 0.3 is 0 Å². The molecule has 0 saturated carbocycles. The Balaban J connectivity index is 1.97. The summed E-state index contributed by atoms with van der Waals surface area (Å²) >= 11 is 0. The molecule has 4 aromatic carbocycles. The molecule has 0 radical (unpaired) electrons. The Morgan fingerprint density at radius 3 is 1.06 bits per heavy atom. The van der Waals surface area contributed by atoms with Gasteiger partial charge in [0, 0.05) is 22.3 Å². The summed E-state index contributed by atoms with van der Waals surface area (Å²) in [7, 11) is 0. The first kappa shape index (κ1) is 20.5. The van der Waals surface area contributed by atoms with Crippen LogP contribution in [0.3, 0.4) is 0 Å². The van der Waals surface area contributed by atoms with Crippen molar-refractivity contribution in [3.05, 3.63) is 144 Å². The zero-order valence-corrected chi connectivity index (χ0v) is 17.8. The van der Waals surface area contributed by atoms with Crippen molar-refractivity contribution in [1.82, 2.24) is 0 Å². The van der Waals surface area contributed by atoms with Crippen molar-refractivity contribution in [3.63, 3.8) is 0 Å². The van der Waals surface area contributed by atoms with Crippen LogP contribution in [0, 0.1) is 22.7 Å². The first-order valence-corrected chi connectivity index (χ1v) is 10.7. The number of nitrogens with zero attached hydrogens (tertiary/aromatic N) is 2. The molecule has 3 heteroatoms. The van der Waals surface area contributed by atoms with E-state index in [0.717, 1.165) is 11.1 Å². The molecule has 0 aliphatic carbocycles. The molecule has 2 atom stereocenters. The summed E-state index contributed by atoms with van der Waals surface area (Å²) in [4.78, 5) is 0. The van der Waals surface area contributed by atoms with Crippen LogP contribution in [-0.2, 0) is 15.9 Å². The van der Waals surface area contributed by atoms with Crippen molar-refractivity contribution in [2.24, 2.45) is 0 Å². The van der Waals surface area contributed by atoms with Gasteiger partial charge in [-0.3, -0.25) is 0 Å². The normalized spacial score (nSPS) is 21.9. The maximum absolute atomic E-state index is 10.7. The fraction of sp³-hybridized carbons (Fsp3) is 0.0667. The second kappa shape index (κ2) is 8.24. The van der Waals surface area contributed by atoms with E-state index in [1.165, 1.54) is 0 Å². The lowest BCUT2D eigenvalue weighted by atomic mass is 9.76. The van der Waals surface area contributed by atoms with Crippen molar-refractivity contribution in [2.75, 3.05) is 0 Å². The largest absolute Gasteiger partial charge is 0.322 e. The molecular weight excluding hydrogens is 404 g/mol. The third-order valence-electron chi connectivity index (χ3n) is 6.06. The van der Waals surface area contributed by atoms with E-state index in [-0.39, 0.29) is 0 Å². The molecule has 2 unspecified atom stereocenters. The van der Waals surface area contributed by atoms with Crippen molar-refractivity contribution in [3.8, 4) is 12.1 Å². The number of nitriles is 2. The average Bonchev–Trinajstić information content (AvgIpc) is 3.23. The van der Waals surface area contributed by atoms with E-state index in [0.29, 0.717) is 22.3 Å². The summed E-state index contributed by atoms with van der Waals surface area (Å²) in [6, 6.07) is 43.3. The van der Waals surface area contributed by atoms with Gasteiger partial charge in [0.25, 0.3) is 0 Å². The highest BCUT2D eigenvalue weighted by Crippen LogP contribution is 2.59. The van der Waals surface area contributed by atoms with Crippen LogP contribution in [0.15, 0.2) is 121 Å². The van der Waals surface area contributed by atoms with Crippen molar-refractivity contribution < 1.29 is 4.74 Å². The van der Waals surface area contributed by atoms with Gasteiger partial charge in [-0.05, 0) is 11.1 Å². The van der Waals surface area contributed by atoms with Gasteiger partial charge in [-0.25, -0.2) is 0 Å². The average molecular weight is 425 g/mol. The summed E-state index contributed by atoms with van der Waals surface area (Å²) < 4.78 is 6.74. The molecule has 33 heavy (non-hydrogen) atoms. The lowest BCUT2D eigenvalue weighted by Gasteiger charge is -2.30. The number of hydrogen-bond donors (Lipinski definition) is 0. The lowest BCUT2D eigenvalue weighted by molar-refractivity contribution is -0.0250. The molecule has 0 spiro atoms. The summed E-state index contributed by atoms with van der Waals surface area (Å²) in [6.07, 6.45) is 0. The van der Waals surface area contributed by atoms with E-state index in [1.807, 2.05) is 121 Å². The first-order chi connectivity index (χ1) is 16.2. The van der Waals surface area contributed by atoms with Gasteiger partial charge in [-0.2, -0.15) is 10.5 Å². The van der Waals surface area contributed by atoms with E-state index < -0.39 is 11.2 Å². The van der Waals surface area contributed by atoms with Crippen LogP contribution in [0.25, 0.3) is 11.1 Å². The van der Waals surface area contributed by atoms with Gasteiger partial charge in [-0.15, -0.1) is 0 Å². The Kier molecular flexibility index (Phi) is 5.11. The SMILES string of the molecule is N#CC1(c2ccccc2)OC(C#N)(c2ccccc2)C(c2ccccc2)=C1c1ccccc1. The van der Waals surface area contributed by atoms with E-state index in [1.54, 1.807) is 0 Å². The Labute approximate surface area is 193 Å². The highest BCUT2D eigenvalue weighted by atomic mass is 16.5. The molecule has 0 fully saturated rings.